The molecule has 0 spiro atoms. The topological polar surface area (TPSA) is 352 Å². The first kappa shape index (κ1) is 77.5. The second-order valence-corrected chi connectivity index (χ2v) is 36.4. The number of nitrogens with one attached hydrogen (secondary N) is 6. The summed E-state index contributed by atoms with van der Waals surface area (Å²) in [5.41, 5.74) is 44.6. The smallest absolute Gasteiger partial charge is 0.236 e. The normalized spacial score (nSPS) is 19.0. The van der Waals surface area contributed by atoms with E-state index in [0.717, 1.165) is 248 Å². The van der Waals surface area contributed by atoms with Gasteiger partial charge in [-0.3, -0.25) is 40.1 Å². The largest absolute Gasteiger partial charge is 0.356 e. The first-order valence-corrected chi connectivity index (χ1v) is 45.9. The molecule has 14 heterocycles. The minimum atomic E-state index is -0.152. The molecule has 15 aromatic rings. The average Bonchev–Trinajstić information content (AvgIpc) is 1.70. The van der Waals surface area contributed by atoms with Crippen LogP contribution in [0, 0.1) is 5.92 Å². The lowest BCUT2D eigenvalue weighted by molar-refractivity contribution is -0.133. The number of aromatic nitrogens is 15. The van der Waals surface area contributed by atoms with E-state index >= 15 is 0 Å². The Morgan fingerprint density at radius 3 is 0.967 bits per heavy atom. The van der Waals surface area contributed by atoms with Crippen molar-refractivity contribution in [3.63, 3.8) is 0 Å². The van der Waals surface area contributed by atoms with Crippen LogP contribution in [0.1, 0.15) is 164 Å². The second kappa shape index (κ2) is 32.6. The third kappa shape index (κ3) is 14.4. The van der Waals surface area contributed by atoms with Crippen LogP contribution in [-0.4, -0.2) is 202 Å². The lowest BCUT2D eigenvalue weighted by Gasteiger charge is -2.37. The van der Waals surface area contributed by atoms with Crippen LogP contribution in [0.25, 0.3) is 109 Å². The van der Waals surface area contributed by atoms with Crippen molar-refractivity contribution in [3.05, 3.63) is 153 Å². The molecule has 123 heavy (non-hydrogen) atoms. The van der Waals surface area contributed by atoms with Gasteiger partial charge in [0.05, 0.1) is 104 Å². The lowest BCUT2D eigenvalue weighted by atomic mass is 9.85. The highest BCUT2D eigenvalue weighted by Gasteiger charge is 2.45. The lowest BCUT2D eigenvalue weighted by Crippen LogP contribution is -2.50. The van der Waals surface area contributed by atoms with E-state index in [2.05, 4.69) is 141 Å². The molecule has 26 rings (SSSR count). The number of fused-ring (bicyclic) bond motifs is 25. The number of piperazine rings is 3. The van der Waals surface area contributed by atoms with Crippen LogP contribution in [0.15, 0.2) is 91.6 Å². The Morgan fingerprint density at radius 1 is 0.350 bits per heavy atom. The number of amides is 2. The Labute approximate surface area is 713 Å². The van der Waals surface area contributed by atoms with E-state index in [1.165, 1.54) is 191 Å². The molecule has 2 saturated carbocycles. The summed E-state index contributed by atoms with van der Waals surface area (Å²) in [6, 6.07) is 21.4. The van der Waals surface area contributed by atoms with Gasteiger partial charge in [-0.15, -0.1) is 0 Å². The molecule has 6 fully saturated rings. The van der Waals surface area contributed by atoms with Gasteiger partial charge < -0.3 is 51.9 Å². The van der Waals surface area contributed by atoms with Crippen LogP contribution in [-0.2, 0) is 79.3 Å². The van der Waals surface area contributed by atoms with E-state index in [4.69, 9.17) is 42.1 Å². The summed E-state index contributed by atoms with van der Waals surface area (Å²) < 4.78 is 0. The summed E-state index contributed by atoms with van der Waals surface area (Å²) in [6.45, 7) is 12.8. The maximum absolute atomic E-state index is 12.4. The van der Waals surface area contributed by atoms with Gasteiger partial charge in [-0.05, 0) is 283 Å². The zero-order chi connectivity index (χ0) is 82.4. The summed E-state index contributed by atoms with van der Waals surface area (Å²) >= 11 is 0. The van der Waals surface area contributed by atoms with Crippen molar-refractivity contribution < 1.29 is 9.59 Å². The fourth-order valence-corrected chi connectivity index (χ4v) is 22.0. The zero-order valence-corrected chi connectivity index (χ0v) is 70.5. The molecule has 10 aromatic heterocycles. The van der Waals surface area contributed by atoms with Crippen LogP contribution in [0.4, 0.5) is 23.3 Å². The van der Waals surface area contributed by atoms with Crippen LogP contribution in [0.5, 0.6) is 0 Å². The highest BCUT2D eigenvalue weighted by molar-refractivity contribution is 6.12. The summed E-state index contributed by atoms with van der Waals surface area (Å²) in [4.78, 5) is 63.3. The molecule has 5 aromatic carbocycles. The first-order chi connectivity index (χ1) is 60.5. The number of nitrogens with two attached hydrogens (primary N) is 3. The maximum Gasteiger partial charge on any atom is 0.236 e. The maximum atomic E-state index is 12.4. The van der Waals surface area contributed by atoms with E-state index in [1.54, 1.807) is 0 Å². The molecule has 11 aliphatic rings. The van der Waals surface area contributed by atoms with Crippen molar-refractivity contribution in [2.75, 3.05) is 118 Å². The summed E-state index contributed by atoms with van der Waals surface area (Å²) in [6.07, 6.45) is 39.9. The monoisotopic (exact) mass is 1650 g/mol. The number of aromatic amines is 5. The third-order valence-electron chi connectivity index (χ3n) is 28.8. The van der Waals surface area contributed by atoms with E-state index in [1.807, 2.05) is 35.9 Å². The summed E-state index contributed by atoms with van der Waals surface area (Å²) in [5.74, 6) is 5.43. The number of anilines is 4. The Morgan fingerprint density at radius 2 is 0.642 bits per heavy atom. The molecule has 27 nitrogen and oxygen atoms in total. The number of carbonyl (C=O) groups is 2. The predicted molar refractivity (Wildman–Crippen MR) is 489 cm³/mol. The van der Waals surface area contributed by atoms with Crippen LogP contribution >= 0.6 is 0 Å². The number of piperidine rings is 1. The molecular weight excluding hydrogens is 1540 g/mol. The zero-order valence-electron chi connectivity index (χ0n) is 70.5. The molecule has 4 aliphatic heterocycles. The number of carbonyl (C=O) groups excluding carboxylic acids is 2. The van der Waals surface area contributed by atoms with Gasteiger partial charge in [0, 0.05) is 157 Å². The van der Waals surface area contributed by atoms with Crippen molar-refractivity contribution in [1.82, 2.24) is 91.0 Å². The SMILES string of the molecule is NC1(c2nc3ccc4[nH]ncc4c3c3c2CCCC3)CC1.NC1CCN(c2nc3ccc4[nH]ncc4c3c3c2CCCC3)CC1.NCC(=O)N1CCN(c2nc3ccc4[nH]ncc4c3c3c2CCCC3)CC1.O=C(C1CC1)N1CCN(c2nc3ccc4[nH]ncc4c3c3c2CCCC3)CC1.c1cc2[nH]ncc2c2c3c(c(N4CCNCC4)nc12)CCCC3. The number of benzene rings is 5. The van der Waals surface area contributed by atoms with Crippen molar-refractivity contribution in [2.24, 2.45) is 23.1 Å². The van der Waals surface area contributed by atoms with Gasteiger partial charge in [0.15, 0.2) is 0 Å². The second-order valence-electron chi connectivity index (χ2n) is 36.4. The fraction of sp³-hybridized carbons (Fsp3) is 0.458. The Hall–Kier alpha value is -11.5. The van der Waals surface area contributed by atoms with Gasteiger partial charge in [0.2, 0.25) is 11.8 Å². The molecule has 632 valence electrons. The molecule has 0 atom stereocenters. The molecule has 12 N–H and O–H groups in total. The van der Waals surface area contributed by atoms with Gasteiger partial charge in [-0.1, -0.05) is 0 Å². The van der Waals surface area contributed by atoms with Crippen LogP contribution in [0.3, 0.4) is 0 Å². The van der Waals surface area contributed by atoms with Crippen molar-refractivity contribution in [3.8, 4) is 0 Å². The number of H-pyrrole nitrogens is 5. The number of nitrogens with zero attached hydrogens (tertiary/aromatic N) is 16. The van der Waals surface area contributed by atoms with E-state index in [0.29, 0.717) is 31.0 Å². The number of pyridine rings is 5. The van der Waals surface area contributed by atoms with Gasteiger partial charge in [-0.2, -0.15) is 25.5 Å². The van der Waals surface area contributed by atoms with E-state index in [9.17, 15) is 9.59 Å². The Balaban J connectivity index is 0.0000000919. The number of hydrogen-bond acceptors (Lipinski definition) is 20. The highest BCUT2D eigenvalue weighted by Crippen LogP contribution is 2.49. The first-order valence-electron chi connectivity index (χ1n) is 45.9. The fourth-order valence-electron chi connectivity index (χ4n) is 22.0. The molecule has 0 unspecified atom stereocenters. The minimum Gasteiger partial charge on any atom is -0.356 e. The van der Waals surface area contributed by atoms with Gasteiger partial charge in [-0.25, -0.2) is 19.9 Å². The average molecular weight is 1650 g/mol. The molecular formula is C96H111N25O2. The Kier molecular flexibility index (Phi) is 20.6. The van der Waals surface area contributed by atoms with E-state index < -0.39 is 0 Å². The molecule has 2 amide bonds. The summed E-state index contributed by atoms with van der Waals surface area (Å²) in [7, 11) is 0. The highest BCUT2D eigenvalue weighted by atomic mass is 16.2. The van der Waals surface area contributed by atoms with Crippen molar-refractivity contribution >= 4 is 144 Å². The Bertz CT molecular complexity index is 6570. The van der Waals surface area contributed by atoms with Gasteiger partial charge in [0.1, 0.15) is 23.3 Å². The number of hydrogen-bond donors (Lipinski definition) is 9. The number of rotatable bonds is 7. The standard InChI is InChI=1S/C22H25N5O.C20H24N6O.C19H23N5.C18H21N5.C17H18N4/c28-22(14-5-6-14)27-11-9-26(10-12-27)21-16-4-2-1-3-15(16)20-17-13-23-25-18(17)7-8-19(20)24-21;21-11-18(27)25-7-9-26(10-8-25)20-14-4-2-1-3-13(14)19-15-12-22-24-16(15)5-6-17(19)23-20;20-12-7-9-24(10-8-12)19-14-4-2-1-3-13(14)18-15-11-21-23-16(15)5-6-17(18)22-19;1-2-4-13-12(3-1)17-14-11-20-22-15(14)5-6-16(17)21-18(13)23-9-7-19-8-10-23;18-17(7-8-17)16-11-4-2-1-3-10(11)15-12-9-19-21-13(12)5-6-14(15)20-16/h7-8,13-14H,1-6,9-12H2,(H,23,25);5-6,12H,1-4,7-11,21H2,(H,22,24);5-6,11-12H,1-4,7-10,20H2,(H,21,23);5-6,11,19H,1-4,7-10H2,(H,20,22);5-6,9H,1-4,7-8,18H2,(H,19,21). The van der Waals surface area contributed by atoms with Crippen LogP contribution in [0.2, 0.25) is 0 Å². The van der Waals surface area contributed by atoms with Crippen LogP contribution < -0.4 is 42.1 Å². The van der Waals surface area contributed by atoms with Gasteiger partial charge >= 0.3 is 0 Å². The molecule has 0 radical (unpaired) electrons. The molecule has 4 saturated heterocycles. The van der Waals surface area contributed by atoms with Gasteiger partial charge in [0.25, 0.3) is 0 Å². The van der Waals surface area contributed by atoms with E-state index in [-0.39, 0.29) is 18.0 Å². The van der Waals surface area contributed by atoms with Crippen molar-refractivity contribution in [1.29, 1.82) is 0 Å². The molecule has 7 aliphatic carbocycles. The van der Waals surface area contributed by atoms with Crippen molar-refractivity contribution in [2.45, 2.75) is 179 Å². The molecule has 0 bridgehead atoms. The molecule has 27 heteroatoms. The predicted octanol–water partition coefficient (Wildman–Crippen LogP) is 12.9. The quantitative estimate of drug-likeness (QED) is 0.0715. The summed E-state index contributed by atoms with van der Waals surface area (Å²) in [5, 5.41) is 52.6. The minimum absolute atomic E-state index is 0.0329. The third-order valence-corrected chi connectivity index (χ3v) is 28.8. The number of aryl methyl sites for hydroxylation is 5.